The van der Waals surface area contributed by atoms with Crippen molar-refractivity contribution in [3.05, 3.63) is 23.9 Å². The van der Waals surface area contributed by atoms with Gasteiger partial charge in [0.2, 0.25) is 0 Å². The molecule has 0 aliphatic carbocycles. The van der Waals surface area contributed by atoms with E-state index in [1.165, 1.54) is 32.5 Å². The van der Waals surface area contributed by atoms with Gasteiger partial charge in [-0.2, -0.15) is 0 Å². The maximum absolute atomic E-state index is 11.3. The Kier molecular flexibility index (Phi) is 5.74. The fourth-order valence-corrected chi connectivity index (χ4v) is 1.42. The molecule has 1 atom stereocenters. The van der Waals surface area contributed by atoms with Crippen LogP contribution >= 0.6 is 0 Å². The van der Waals surface area contributed by atoms with Gasteiger partial charge < -0.3 is 19.9 Å². The number of esters is 1. The maximum atomic E-state index is 11.3. The minimum Gasteiger partial charge on any atom is -0.481 e. The highest BCUT2D eigenvalue weighted by Gasteiger charge is 2.13. The number of aliphatic carboxylic acids is 1. The van der Waals surface area contributed by atoms with Crippen molar-refractivity contribution < 1.29 is 24.2 Å². The van der Waals surface area contributed by atoms with Crippen LogP contribution in [0.1, 0.15) is 16.8 Å². The first kappa shape index (κ1) is 14.9. The highest BCUT2D eigenvalue weighted by atomic mass is 16.5. The third kappa shape index (κ3) is 4.92. The predicted octanol–water partition coefficient (Wildman–Crippen LogP) is 0.770. The lowest BCUT2D eigenvalue weighted by Gasteiger charge is -2.14. The number of hydrogen-bond donors (Lipinski definition) is 2. The van der Waals surface area contributed by atoms with Gasteiger partial charge in [0.15, 0.2) is 0 Å². The zero-order valence-electron chi connectivity index (χ0n) is 10.8. The molecule has 0 bridgehead atoms. The second-order valence-corrected chi connectivity index (χ2v) is 3.76. The number of anilines is 1. The van der Waals surface area contributed by atoms with Gasteiger partial charge in [-0.15, -0.1) is 0 Å². The lowest BCUT2D eigenvalue weighted by Crippen LogP contribution is -2.25. The summed E-state index contributed by atoms with van der Waals surface area (Å²) < 4.78 is 9.61. The first-order chi connectivity index (χ1) is 9.06. The molecule has 0 aliphatic rings. The molecule has 0 radical (unpaired) electrons. The van der Waals surface area contributed by atoms with E-state index in [-0.39, 0.29) is 13.0 Å². The van der Waals surface area contributed by atoms with E-state index < -0.39 is 18.0 Å². The van der Waals surface area contributed by atoms with Crippen LogP contribution in [0.5, 0.6) is 0 Å². The predicted molar refractivity (Wildman–Crippen MR) is 67.1 cm³/mol. The molecule has 0 saturated heterocycles. The Morgan fingerprint density at radius 1 is 1.47 bits per heavy atom. The lowest BCUT2D eigenvalue weighted by atomic mass is 10.2. The number of ether oxygens (including phenoxy) is 2. The molecule has 19 heavy (non-hydrogen) atoms. The molecule has 7 nitrogen and oxygen atoms in total. The second-order valence-electron chi connectivity index (χ2n) is 3.76. The zero-order valence-corrected chi connectivity index (χ0v) is 10.8. The van der Waals surface area contributed by atoms with Crippen molar-refractivity contribution in [2.24, 2.45) is 0 Å². The first-order valence-corrected chi connectivity index (χ1v) is 5.59. The molecule has 0 aliphatic heterocycles. The summed E-state index contributed by atoms with van der Waals surface area (Å²) in [6, 6.07) is 3.06. The summed E-state index contributed by atoms with van der Waals surface area (Å²) in [5, 5.41) is 11.6. The molecule has 1 aromatic heterocycles. The largest absolute Gasteiger partial charge is 0.481 e. The van der Waals surface area contributed by atoms with Crippen LogP contribution in [0.2, 0.25) is 0 Å². The van der Waals surface area contributed by atoms with Gasteiger partial charge in [0.25, 0.3) is 0 Å². The molecule has 0 spiro atoms. The number of pyridine rings is 1. The molecule has 1 heterocycles. The van der Waals surface area contributed by atoms with Crippen LogP contribution < -0.4 is 5.32 Å². The summed E-state index contributed by atoms with van der Waals surface area (Å²) in [4.78, 5) is 25.9. The fraction of sp³-hybridized carbons (Fsp3) is 0.417. The summed E-state index contributed by atoms with van der Waals surface area (Å²) >= 11 is 0. The monoisotopic (exact) mass is 268 g/mol. The maximum Gasteiger partial charge on any atom is 0.338 e. The quantitative estimate of drug-likeness (QED) is 0.705. The van der Waals surface area contributed by atoms with Gasteiger partial charge in [-0.25, -0.2) is 9.78 Å². The van der Waals surface area contributed by atoms with Gasteiger partial charge in [-0.1, -0.05) is 0 Å². The molecule has 1 aromatic rings. The molecule has 2 N–H and O–H groups in total. The minimum absolute atomic E-state index is 0.111. The topological polar surface area (TPSA) is 97.8 Å². The highest BCUT2D eigenvalue weighted by Crippen LogP contribution is 2.09. The number of aromatic nitrogens is 1. The Balaban J connectivity index is 2.61. The molecular weight excluding hydrogens is 252 g/mol. The van der Waals surface area contributed by atoms with Crippen molar-refractivity contribution in [3.8, 4) is 0 Å². The molecule has 0 aromatic carbocycles. The van der Waals surface area contributed by atoms with Crippen LogP contribution in [0.4, 0.5) is 5.82 Å². The standard InChI is InChI=1S/C12H16N2O5/c1-18-9(6-11(15)16)7-14-10-5-8(3-4-13-10)12(17)19-2/h3-5,9H,6-7H2,1-2H3,(H,13,14)(H,15,16). The SMILES string of the molecule is COC(=O)c1ccnc(NCC(CC(=O)O)OC)c1. The van der Waals surface area contributed by atoms with Gasteiger partial charge in [-0.3, -0.25) is 4.79 Å². The molecule has 104 valence electrons. The molecular formula is C12H16N2O5. The number of methoxy groups -OCH3 is 2. The summed E-state index contributed by atoms with van der Waals surface area (Å²) in [5.41, 5.74) is 0.368. The van der Waals surface area contributed by atoms with Crippen molar-refractivity contribution in [3.63, 3.8) is 0 Å². The van der Waals surface area contributed by atoms with Crippen LogP contribution in [0.3, 0.4) is 0 Å². The molecule has 1 unspecified atom stereocenters. The Morgan fingerprint density at radius 2 is 2.21 bits per heavy atom. The third-order valence-corrected chi connectivity index (χ3v) is 2.43. The van der Waals surface area contributed by atoms with Crippen molar-refractivity contribution in [2.45, 2.75) is 12.5 Å². The smallest absolute Gasteiger partial charge is 0.338 e. The first-order valence-electron chi connectivity index (χ1n) is 5.59. The van der Waals surface area contributed by atoms with Crippen molar-refractivity contribution in [2.75, 3.05) is 26.1 Å². The van der Waals surface area contributed by atoms with Crippen molar-refractivity contribution in [1.29, 1.82) is 0 Å². The van der Waals surface area contributed by atoms with Gasteiger partial charge >= 0.3 is 11.9 Å². The highest BCUT2D eigenvalue weighted by molar-refractivity contribution is 5.89. The Bertz CT molecular complexity index is 450. The van der Waals surface area contributed by atoms with E-state index in [2.05, 4.69) is 15.0 Å². The zero-order chi connectivity index (χ0) is 14.3. The van der Waals surface area contributed by atoms with E-state index in [0.29, 0.717) is 11.4 Å². The van der Waals surface area contributed by atoms with Crippen LogP contribution in [0.15, 0.2) is 18.3 Å². The van der Waals surface area contributed by atoms with Crippen molar-refractivity contribution >= 4 is 17.8 Å². The van der Waals surface area contributed by atoms with E-state index in [1.807, 2.05) is 0 Å². The van der Waals surface area contributed by atoms with Gasteiger partial charge in [0, 0.05) is 19.9 Å². The van der Waals surface area contributed by atoms with E-state index in [0.717, 1.165) is 0 Å². The van der Waals surface area contributed by atoms with E-state index in [9.17, 15) is 9.59 Å². The summed E-state index contributed by atoms with van der Waals surface area (Å²) in [6.45, 7) is 0.278. The number of carboxylic acids is 1. The van der Waals surface area contributed by atoms with Gasteiger partial charge in [-0.05, 0) is 12.1 Å². The van der Waals surface area contributed by atoms with Gasteiger partial charge in [0.1, 0.15) is 5.82 Å². The molecule has 0 saturated carbocycles. The summed E-state index contributed by atoms with van der Waals surface area (Å²) in [7, 11) is 2.73. The van der Waals surface area contributed by atoms with Crippen molar-refractivity contribution in [1.82, 2.24) is 4.98 Å². The number of rotatable bonds is 7. The number of nitrogens with zero attached hydrogens (tertiary/aromatic N) is 1. The Morgan fingerprint density at radius 3 is 2.79 bits per heavy atom. The third-order valence-electron chi connectivity index (χ3n) is 2.43. The average molecular weight is 268 g/mol. The number of carbonyl (C=O) groups excluding carboxylic acids is 1. The average Bonchev–Trinajstić information content (AvgIpc) is 2.42. The normalized spacial score (nSPS) is 11.7. The molecule has 0 amide bonds. The van der Waals surface area contributed by atoms with Crippen LogP contribution in [-0.2, 0) is 14.3 Å². The number of carbonyl (C=O) groups is 2. The lowest BCUT2D eigenvalue weighted by molar-refractivity contribution is -0.139. The van der Waals surface area contributed by atoms with Gasteiger partial charge in [0.05, 0.1) is 25.2 Å². The number of nitrogens with one attached hydrogen (secondary N) is 1. The van der Waals surface area contributed by atoms with Crippen LogP contribution in [0.25, 0.3) is 0 Å². The molecule has 1 rings (SSSR count). The van der Waals surface area contributed by atoms with E-state index in [1.54, 1.807) is 0 Å². The van der Waals surface area contributed by atoms with E-state index >= 15 is 0 Å². The summed E-state index contributed by atoms with van der Waals surface area (Å²) in [6.07, 6.45) is 0.884. The van der Waals surface area contributed by atoms with Crippen LogP contribution in [-0.4, -0.2) is 48.9 Å². The minimum atomic E-state index is -0.940. The fourth-order valence-electron chi connectivity index (χ4n) is 1.42. The summed E-state index contributed by atoms with van der Waals surface area (Å²) in [5.74, 6) is -0.945. The second kappa shape index (κ2) is 7.32. The molecule has 0 fully saturated rings. The Labute approximate surface area is 110 Å². The molecule has 7 heteroatoms. The Hall–Kier alpha value is -2.15. The van der Waals surface area contributed by atoms with Crippen LogP contribution in [0, 0.1) is 0 Å². The number of carboxylic acid groups (broad SMARTS) is 1. The number of hydrogen-bond acceptors (Lipinski definition) is 6. The van der Waals surface area contributed by atoms with E-state index in [4.69, 9.17) is 9.84 Å².